The number of aryl methyl sites for hydroxylation is 1. The lowest BCUT2D eigenvalue weighted by Gasteiger charge is -2.07. The van der Waals surface area contributed by atoms with Crippen molar-refractivity contribution in [2.75, 3.05) is 13.7 Å². The second kappa shape index (κ2) is 7.45. The van der Waals surface area contributed by atoms with Gasteiger partial charge in [0.25, 0.3) is 0 Å². The molecule has 0 radical (unpaired) electrons. The Morgan fingerprint density at radius 2 is 2.17 bits per heavy atom. The zero-order valence-electron chi connectivity index (χ0n) is 13.5. The number of benzene rings is 1. The van der Waals surface area contributed by atoms with Gasteiger partial charge in [-0.05, 0) is 38.0 Å². The quantitative estimate of drug-likeness (QED) is 0.766. The number of nitrogens with zero attached hydrogens (tertiary/aromatic N) is 3. The Balaban J connectivity index is 2.19. The molecule has 6 nitrogen and oxygen atoms in total. The van der Waals surface area contributed by atoms with Gasteiger partial charge < -0.3 is 9.47 Å². The zero-order chi connectivity index (χ0) is 16.8. The SMILES string of the molecule is COc1cccc(-n2nc(C)c(CCC(=O)OCC#N)c2C)c1. The van der Waals surface area contributed by atoms with Gasteiger partial charge in [0, 0.05) is 18.2 Å². The molecule has 0 atom stereocenters. The lowest BCUT2D eigenvalue weighted by molar-refractivity contribution is -0.142. The monoisotopic (exact) mass is 313 g/mol. The summed E-state index contributed by atoms with van der Waals surface area (Å²) in [6, 6.07) is 9.43. The molecule has 0 aliphatic carbocycles. The molecule has 2 aromatic rings. The maximum atomic E-state index is 11.5. The molecule has 1 aromatic carbocycles. The number of hydrogen-bond donors (Lipinski definition) is 0. The fourth-order valence-corrected chi connectivity index (χ4v) is 2.44. The molecule has 2 rings (SSSR count). The van der Waals surface area contributed by atoms with Crippen molar-refractivity contribution >= 4 is 5.97 Å². The highest BCUT2D eigenvalue weighted by Crippen LogP contribution is 2.22. The predicted octanol–water partition coefficient (Wildman–Crippen LogP) is 2.50. The molecular formula is C17H19N3O3. The lowest BCUT2D eigenvalue weighted by Crippen LogP contribution is -2.07. The molecule has 0 N–H and O–H groups in total. The molecule has 0 bridgehead atoms. The third-order valence-corrected chi connectivity index (χ3v) is 3.62. The Bertz CT molecular complexity index is 744. The van der Waals surface area contributed by atoms with E-state index >= 15 is 0 Å². The summed E-state index contributed by atoms with van der Waals surface area (Å²) in [5.41, 5.74) is 3.77. The number of aromatic nitrogens is 2. The van der Waals surface area contributed by atoms with Gasteiger partial charge in [-0.3, -0.25) is 4.79 Å². The van der Waals surface area contributed by atoms with E-state index in [9.17, 15) is 4.79 Å². The number of carbonyl (C=O) groups excluding carboxylic acids is 1. The minimum absolute atomic E-state index is 0.208. The van der Waals surface area contributed by atoms with Crippen LogP contribution in [0.3, 0.4) is 0 Å². The van der Waals surface area contributed by atoms with Crippen molar-refractivity contribution in [3.63, 3.8) is 0 Å². The van der Waals surface area contributed by atoms with Gasteiger partial charge in [0.15, 0.2) is 6.61 Å². The fourth-order valence-electron chi connectivity index (χ4n) is 2.44. The van der Waals surface area contributed by atoms with E-state index in [-0.39, 0.29) is 19.0 Å². The van der Waals surface area contributed by atoms with Crippen LogP contribution in [0.4, 0.5) is 0 Å². The molecular weight excluding hydrogens is 294 g/mol. The smallest absolute Gasteiger partial charge is 0.307 e. The van der Waals surface area contributed by atoms with Crippen molar-refractivity contribution in [2.45, 2.75) is 26.7 Å². The van der Waals surface area contributed by atoms with Crippen LogP contribution >= 0.6 is 0 Å². The number of hydrogen-bond acceptors (Lipinski definition) is 5. The molecule has 0 aliphatic heterocycles. The van der Waals surface area contributed by atoms with Gasteiger partial charge in [-0.15, -0.1) is 0 Å². The second-order valence-electron chi connectivity index (χ2n) is 5.08. The van der Waals surface area contributed by atoms with E-state index in [2.05, 4.69) is 5.10 Å². The molecule has 120 valence electrons. The van der Waals surface area contributed by atoms with Gasteiger partial charge in [0.2, 0.25) is 0 Å². The van der Waals surface area contributed by atoms with E-state index in [1.807, 2.05) is 42.8 Å². The number of nitriles is 1. The first kappa shape index (κ1) is 16.6. The summed E-state index contributed by atoms with van der Waals surface area (Å²) in [5, 5.41) is 13.0. The Morgan fingerprint density at radius 3 is 2.87 bits per heavy atom. The maximum Gasteiger partial charge on any atom is 0.307 e. The summed E-state index contributed by atoms with van der Waals surface area (Å²) >= 11 is 0. The molecule has 0 amide bonds. The van der Waals surface area contributed by atoms with Crippen molar-refractivity contribution in [2.24, 2.45) is 0 Å². The van der Waals surface area contributed by atoms with Gasteiger partial charge in [-0.25, -0.2) is 4.68 Å². The topological polar surface area (TPSA) is 77.1 Å². The van der Waals surface area contributed by atoms with E-state index in [1.165, 1.54) is 0 Å². The van der Waals surface area contributed by atoms with Gasteiger partial charge in [-0.1, -0.05) is 6.07 Å². The van der Waals surface area contributed by atoms with Crippen molar-refractivity contribution in [1.29, 1.82) is 5.26 Å². The van der Waals surface area contributed by atoms with Crippen LogP contribution in [0.25, 0.3) is 5.69 Å². The van der Waals surface area contributed by atoms with Crippen molar-refractivity contribution < 1.29 is 14.3 Å². The van der Waals surface area contributed by atoms with E-state index in [0.29, 0.717) is 6.42 Å². The Labute approximate surface area is 135 Å². The van der Waals surface area contributed by atoms with Gasteiger partial charge in [-0.2, -0.15) is 10.4 Å². The highest BCUT2D eigenvalue weighted by Gasteiger charge is 2.15. The first-order valence-corrected chi connectivity index (χ1v) is 7.29. The van der Waals surface area contributed by atoms with Crippen LogP contribution in [-0.4, -0.2) is 29.5 Å². The number of carbonyl (C=O) groups is 1. The third-order valence-electron chi connectivity index (χ3n) is 3.62. The molecule has 0 fully saturated rings. The summed E-state index contributed by atoms with van der Waals surface area (Å²) in [6.45, 7) is 3.68. The summed E-state index contributed by atoms with van der Waals surface area (Å²) < 4.78 is 11.9. The van der Waals surface area contributed by atoms with Crippen LogP contribution in [0.5, 0.6) is 5.75 Å². The minimum atomic E-state index is -0.375. The van der Waals surface area contributed by atoms with Crippen LogP contribution in [0.1, 0.15) is 23.4 Å². The average molecular weight is 313 g/mol. The van der Waals surface area contributed by atoms with Gasteiger partial charge in [0.05, 0.1) is 18.5 Å². The standard InChI is InChI=1S/C17H19N3O3/c1-12-16(7-8-17(21)23-10-9-18)13(2)20(19-12)14-5-4-6-15(11-14)22-3/h4-6,11H,7-8,10H2,1-3H3. The molecule has 23 heavy (non-hydrogen) atoms. The fraction of sp³-hybridized carbons (Fsp3) is 0.353. The Hall–Kier alpha value is -2.81. The number of methoxy groups -OCH3 is 1. The Morgan fingerprint density at radius 1 is 1.39 bits per heavy atom. The largest absolute Gasteiger partial charge is 0.497 e. The highest BCUT2D eigenvalue weighted by molar-refractivity contribution is 5.70. The molecule has 0 saturated heterocycles. The first-order chi connectivity index (χ1) is 11.1. The van der Waals surface area contributed by atoms with E-state index < -0.39 is 0 Å². The van der Waals surface area contributed by atoms with Crippen LogP contribution in [0, 0.1) is 25.2 Å². The highest BCUT2D eigenvalue weighted by atomic mass is 16.5. The number of ether oxygens (including phenoxy) is 2. The molecule has 1 heterocycles. The third kappa shape index (κ3) is 3.89. The molecule has 6 heteroatoms. The van der Waals surface area contributed by atoms with E-state index in [1.54, 1.807) is 13.2 Å². The molecule has 0 saturated carbocycles. The van der Waals surface area contributed by atoms with Crippen molar-refractivity contribution in [3.05, 3.63) is 41.2 Å². The summed E-state index contributed by atoms with van der Waals surface area (Å²) in [5.74, 6) is 0.385. The van der Waals surface area contributed by atoms with E-state index in [4.69, 9.17) is 14.7 Å². The Kier molecular flexibility index (Phi) is 5.36. The molecule has 1 aromatic heterocycles. The normalized spacial score (nSPS) is 10.2. The molecule has 0 spiro atoms. The summed E-state index contributed by atoms with van der Waals surface area (Å²) in [4.78, 5) is 11.5. The number of esters is 1. The molecule has 0 unspecified atom stereocenters. The van der Waals surface area contributed by atoms with Gasteiger partial charge >= 0.3 is 5.97 Å². The van der Waals surface area contributed by atoms with Crippen LogP contribution in [0.2, 0.25) is 0 Å². The van der Waals surface area contributed by atoms with Gasteiger partial charge in [0.1, 0.15) is 11.8 Å². The van der Waals surface area contributed by atoms with Crippen LogP contribution in [-0.2, 0) is 16.0 Å². The van der Waals surface area contributed by atoms with Crippen molar-refractivity contribution in [3.8, 4) is 17.5 Å². The average Bonchev–Trinajstić information content (AvgIpc) is 2.85. The van der Waals surface area contributed by atoms with E-state index in [0.717, 1.165) is 28.4 Å². The number of rotatable bonds is 6. The minimum Gasteiger partial charge on any atom is -0.497 e. The molecule has 0 aliphatic rings. The summed E-state index contributed by atoms with van der Waals surface area (Å²) in [6.07, 6.45) is 0.763. The lowest BCUT2D eigenvalue weighted by atomic mass is 10.1. The zero-order valence-corrected chi connectivity index (χ0v) is 13.5. The van der Waals surface area contributed by atoms with Crippen molar-refractivity contribution in [1.82, 2.24) is 9.78 Å². The maximum absolute atomic E-state index is 11.5. The second-order valence-corrected chi connectivity index (χ2v) is 5.08. The predicted molar refractivity (Wildman–Crippen MR) is 84.5 cm³/mol. The van der Waals surface area contributed by atoms with Crippen LogP contribution in [0.15, 0.2) is 24.3 Å². The van der Waals surface area contributed by atoms with Crippen LogP contribution < -0.4 is 4.74 Å². The summed E-state index contributed by atoms with van der Waals surface area (Å²) in [7, 11) is 1.62. The first-order valence-electron chi connectivity index (χ1n) is 7.29.